The Morgan fingerprint density at radius 3 is 2.58 bits per heavy atom. The molecule has 1 aromatic carbocycles. The minimum atomic E-state index is -1.10. The zero-order valence-electron chi connectivity index (χ0n) is 13.0. The second-order valence-electron chi connectivity index (χ2n) is 5.02. The van der Waals surface area contributed by atoms with Crippen molar-refractivity contribution < 1.29 is 19.5 Å². The van der Waals surface area contributed by atoms with E-state index in [4.69, 9.17) is 5.11 Å². The van der Waals surface area contributed by atoms with Crippen molar-refractivity contribution in [3.63, 3.8) is 0 Å². The largest absolute Gasteiger partial charge is 0.480 e. The minimum absolute atomic E-state index is 0.0784. The average Bonchev–Trinajstić information content (AvgIpc) is 3.01. The summed E-state index contributed by atoms with van der Waals surface area (Å²) < 4.78 is 0. The number of nitrogens with one attached hydrogen (secondary N) is 2. The number of carbonyl (C=O) groups excluding carboxylic acids is 2. The molecule has 0 aliphatic heterocycles. The van der Waals surface area contributed by atoms with Crippen molar-refractivity contribution in [3.05, 3.63) is 47.0 Å². The number of aromatic nitrogens is 1. The standard InChI is InChI=1S/C16H17N3O4S/c1-2-11(15(22)23)17-14(21)12-9-24-16(18-12)19-13(20)8-10-6-4-3-5-7-10/h3-7,9,11H,2,8H2,1H3,(H,17,21)(H,22,23)(H,18,19,20). The van der Waals surface area contributed by atoms with Gasteiger partial charge in [-0.15, -0.1) is 11.3 Å². The van der Waals surface area contributed by atoms with Crippen LogP contribution in [-0.2, 0) is 16.0 Å². The van der Waals surface area contributed by atoms with Gasteiger partial charge >= 0.3 is 5.97 Å². The first-order valence-electron chi connectivity index (χ1n) is 7.32. The van der Waals surface area contributed by atoms with E-state index in [0.29, 0.717) is 5.13 Å². The molecule has 2 rings (SSSR count). The molecule has 0 fully saturated rings. The van der Waals surface area contributed by atoms with E-state index in [9.17, 15) is 14.4 Å². The predicted molar refractivity (Wildman–Crippen MR) is 90.1 cm³/mol. The van der Waals surface area contributed by atoms with Gasteiger partial charge in [-0.05, 0) is 12.0 Å². The molecule has 1 unspecified atom stereocenters. The van der Waals surface area contributed by atoms with Crippen molar-refractivity contribution >= 4 is 34.3 Å². The molecule has 3 N–H and O–H groups in total. The normalized spacial score (nSPS) is 11.5. The molecule has 1 aromatic heterocycles. The van der Waals surface area contributed by atoms with Crippen molar-refractivity contribution in [2.45, 2.75) is 25.8 Å². The fraction of sp³-hybridized carbons (Fsp3) is 0.250. The van der Waals surface area contributed by atoms with Gasteiger partial charge in [-0.25, -0.2) is 9.78 Å². The molecule has 0 saturated heterocycles. The lowest BCUT2D eigenvalue weighted by Crippen LogP contribution is -2.40. The lowest BCUT2D eigenvalue weighted by molar-refractivity contribution is -0.139. The highest BCUT2D eigenvalue weighted by molar-refractivity contribution is 7.14. The van der Waals surface area contributed by atoms with E-state index in [1.807, 2.05) is 30.3 Å². The summed E-state index contributed by atoms with van der Waals surface area (Å²) in [5.74, 6) is -1.92. The van der Waals surface area contributed by atoms with Gasteiger partial charge in [-0.1, -0.05) is 37.3 Å². The number of benzene rings is 1. The molecule has 0 radical (unpaired) electrons. The van der Waals surface area contributed by atoms with Crippen LogP contribution in [0.2, 0.25) is 0 Å². The van der Waals surface area contributed by atoms with Crippen LogP contribution in [0.3, 0.4) is 0 Å². The third-order valence-electron chi connectivity index (χ3n) is 3.20. The maximum Gasteiger partial charge on any atom is 0.326 e. The number of rotatable bonds is 7. The second kappa shape index (κ2) is 8.21. The van der Waals surface area contributed by atoms with Crippen LogP contribution >= 0.6 is 11.3 Å². The number of thiazole rings is 1. The monoisotopic (exact) mass is 347 g/mol. The number of aliphatic carboxylic acids is 1. The van der Waals surface area contributed by atoms with Gasteiger partial charge in [0.05, 0.1) is 6.42 Å². The summed E-state index contributed by atoms with van der Waals surface area (Å²) in [6.07, 6.45) is 0.477. The first-order valence-corrected chi connectivity index (χ1v) is 8.20. The van der Waals surface area contributed by atoms with E-state index in [1.165, 1.54) is 5.38 Å². The van der Waals surface area contributed by atoms with Crippen LogP contribution < -0.4 is 10.6 Å². The second-order valence-corrected chi connectivity index (χ2v) is 5.88. The zero-order valence-corrected chi connectivity index (χ0v) is 13.8. The van der Waals surface area contributed by atoms with Crippen LogP contribution in [0.25, 0.3) is 0 Å². The van der Waals surface area contributed by atoms with Crippen molar-refractivity contribution in [3.8, 4) is 0 Å². The molecular weight excluding hydrogens is 330 g/mol. The Balaban J connectivity index is 1.94. The highest BCUT2D eigenvalue weighted by Gasteiger charge is 2.20. The summed E-state index contributed by atoms with van der Waals surface area (Å²) in [7, 11) is 0. The Bertz CT molecular complexity index is 730. The Labute approximate surface area is 142 Å². The lowest BCUT2D eigenvalue weighted by Gasteiger charge is -2.10. The fourth-order valence-corrected chi connectivity index (χ4v) is 2.66. The number of carbonyl (C=O) groups is 3. The zero-order chi connectivity index (χ0) is 17.5. The molecule has 1 heterocycles. The van der Waals surface area contributed by atoms with Crippen LogP contribution in [0.1, 0.15) is 29.4 Å². The number of amides is 2. The number of hydrogen-bond donors (Lipinski definition) is 3. The lowest BCUT2D eigenvalue weighted by atomic mass is 10.1. The summed E-state index contributed by atoms with van der Waals surface area (Å²) >= 11 is 1.11. The van der Waals surface area contributed by atoms with Crippen LogP contribution in [0, 0.1) is 0 Å². The molecule has 0 aliphatic carbocycles. The Kier molecular flexibility index (Phi) is 6.02. The van der Waals surface area contributed by atoms with E-state index >= 15 is 0 Å². The molecule has 0 bridgehead atoms. The van der Waals surface area contributed by atoms with Crippen molar-refractivity contribution in [2.75, 3.05) is 5.32 Å². The van der Waals surface area contributed by atoms with Gasteiger partial charge in [0.15, 0.2) is 5.13 Å². The maximum absolute atomic E-state index is 12.0. The van der Waals surface area contributed by atoms with Gasteiger partial charge < -0.3 is 15.7 Å². The Morgan fingerprint density at radius 2 is 1.96 bits per heavy atom. The molecule has 7 nitrogen and oxygen atoms in total. The Morgan fingerprint density at radius 1 is 1.25 bits per heavy atom. The van der Waals surface area contributed by atoms with E-state index in [1.54, 1.807) is 6.92 Å². The predicted octanol–water partition coefficient (Wildman–Crippen LogP) is 1.92. The van der Waals surface area contributed by atoms with E-state index in [-0.39, 0.29) is 24.4 Å². The number of hydrogen-bond acceptors (Lipinski definition) is 5. The molecular formula is C16H17N3O4S. The SMILES string of the molecule is CCC(NC(=O)c1csc(NC(=O)Cc2ccccc2)n1)C(=O)O. The minimum Gasteiger partial charge on any atom is -0.480 e. The quantitative estimate of drug-likeness (QED) is 0.709. The summed E-state index contributed by atoms with van der Waals surface area (Å²) in [6.45, 7) is 1.66. The van der Waals surface area contributed by atoms with Gasteiger partial charge in [-0.2, -0.15) is 0 Å². The average molecular weight is 347 g/mol. The molecule has 8 heteroatoms. The van der Waals surface area contributed by atoms with Crippen LogP contribution in [0.5, 0.6) is 0 Å². The van der Waals surface area contributed by atoms with Crippen molar-refractivity contribution in [1.82, 2.24) is 10.3 Å². The van der Waals surface area contributed by atoms with Gasteiger partial charge in [0.2, 0.25) is 5.91 Å². The summed E-state index contributed by atoms with van der Waals surface area (Å²) in [6, 6.07) is 8.29. The van der Waals surface area contributed by atoms with Crippen molar-refractivity contribution in [2.24, 2.45) is 0 Å². The highest BCUT2D eigenvalue weighted by Crippen LogP contribution is 2.16. The third kappa shape index (κ3) is 4.88. The molecule has 2 amide bonds. The molecule has 0 spiro atoms. The van der Waals surface area contributed by atoms with Crippen molar-refractivity contribution in [1.29, 1.82) is 0 Å². The van der Waals surface area contributed by atoms with E-state index < -0.39 is 17.9 Å². The maximum atomic E-state index is 12.0. The van der Waals surface area contributed by atoms with Gasteiger partial charge in [0.1, 0.15) is 11.7 Å². The molecule has 0 aliphatic rings. The summed E-state index contributed by atoms with van der Waals surface area (Å²) in [5.41, 5.74) is 0.950. The molecule has 1 atom stereocenters. The molecule has 2 aromatic rings. The fourth-order valence-electron chi connectivity index (χ4n) is 1.95. The van der Waals surface area contributed by atoms with E-state index in [2.05, 4.69) is 15.6 Å². The van der Waals surface area contributed by atoms with Gasteiger partial charge in [0.25, 0.3) is 5.91 Å². The van der Waals surface area contributed by atoms with Gasteiger partial charge in [-0.3, -0.25) is 9.59 Å². The number of carboxylic acid groups (broad SMARTS) is 1. The van der Waals surface area contributed by atoms with Crippen LogP contribution in [0.15, 0.2) is 35.7 Å². The Hall–Kier alpha value is -2.74. The summed E-state index contributed by atoms with van der Waals surface area (Å²) in [4.78, 5) is 38.9. The number of carboxylic acids is 1. The first-order chi connectivity index (χ1) is 11.5. The molecule has 24 heavy (non-hydrogen) atoms. The number of nitrogens with zero attached hydrogens (tertiary/aromatic N) is 1. The van der Waals surface area contributed by atoms with Gasteiger partial charge in [0, 0.05) is 5.38 Å². The van der Waals surface area contributed by atoms with Crippen LogP contribution in [-0.4, -0.2) is 33.9 Å². The smallest absolute Gasteiger partial charge is 0.326 e. The summed E-state index contributed by atoms with van der Waals surface area (Å²) in [5, 5.41) is 15.7. The third-order valence-corrected chi connectivity index (χ3v) is 3.96. The molecule has 0 saturated carbocycles. The van der Waals surface area contributed by atoms with Crippen LogP contribution in [0.4, 0.5) is 5.13 Å². The van der Waals surface area contributed by atoms with E-state index in [0.717, 1.165) is 16.9 Å². The topological polar surface area (TPSA) is 108 Å². The molecule has 126 valence electrons. The first kappa shape index (κ1) is 17.6. The number of anilines is 1. The highest BCUT2D eigenvalue weighted by atomic mass is 32.1.